The molecular weight excluding hydrogens is 644 g/mol. The predicted octanol–water partition coefficient (Wildman–Crippen LogP) is 6.19. The number of nitrogens with one attached hydrogen (secondary N) is 4. The number of amides is 3. The molecule has 12 heteroatoms. The zero-order valence-electron chi connectivity index (χ0n) is 30.8. The standard InChI is InChI=1S/C39H52N8O4/c1-7-19-46(35(48)23-40-5)25(3)37-41-21-33(44-37)28-15-13-27(14-16-28)29-17-18-32(31-12-10-9-11-30(29)31)34-22-42-38(45-34)26(4)47(20-8-2)36(49)24-43-39(50)51-6/h13-18,21-22,25-26,40H,7-12,19-20,23-24H2,1-6H3,(H,41,44)(H,42,45)(H,43,50). The van der Waals surface area contributed by atoms with Gasteiger partial charge in [-0.05, 0) is 87.2 Å². The van der Waals surface area contributed by atoms with E-state index in [1.165, 1.54) is 23.8 Å². The van der Waals surface area contributed by atoms with Gasteiger partial charge in [-0.15, -0.1) is 0 Å². The molecule has 2 heterocycles. The highest BCUT2D eigenvalue weighted by Crippen LogP contribution is 2.38. The van der Waals surface area contributed by atoms with Gasteiger partial charge < -0.3 is 35.1 Å². The molecule has 0 saturated heterocycles. The molecule has 51 heavy (non-hydrogen) atoms. The van der Waals surface area contributed by atoms with Crippen LogP contribution in [0, 0.1) is 0 Å². The van der Waals surface area contributed by atoms with Crippen molar-refractivity contribution in [2.45, 2.75) is 78.3 Å². The normalized spacial score (nSPS) is 13.6. The number of hydrogen-bond acceptors (Lipinski definition) is 7. The molecule has 2 aromatic heterocycles. The summed E-state index contributed by atoms with van der Waals surface area (Å²) in [5.41, 5.74) is 9.14. The maximum absolute atomic E-state index is 13.0. The fraction of sp³-hybridized carbons (Fsp3) is 0.462. The van der Waals surface area contributed by atoms with Crippen LogP contribution in [0.15, 0.2) is 48.8 Å². The van der Waals surface area contributed by atoms with Crippen molar-refractivity contribution in [3.63, 3.8) is 0 Å². The van der Waals surface area contributed by atoms with E-state index in [4.69, 9.17) is 4.98 Å². The summed E-state index contributed by atoms with van der Waals surface area (Å²) < 4.78 is 4.62. The highest BCUT2D eigenvalue weighted by atomic mass is 16.5. The fourth-order valence-corrected chi connectivity index (χ4v) is 7.02. The number of alkyl carbamates (subject to hydrolysis) is 1. The molecule has 0 spiro atoms. The number of imidazole rings is 2. The first kappa shape index (κ1) is 37.3. The van der Waals surface area contributed by atoms with E-state index in [-0.39, 0.29) is 30.4 Å². The van der Waals surface area contributed by atoms with Crippen molar-refractivity contribution in [2.24, 2.45) is 0 Å². The van der Waals surface area contributed by atoms with E-state index in [0.717, 1.165) is 72.4 Å². The second kappa shape index (κ2) is 17.3. The third-order valence-corrected chi connectivity index (χ3v) is 9.72. The van der Waals surface area contributed by atoms with Crippen LogP contribution in [0.25, 0.3) is 33.6 Å². The first-order valence-electron chi connectivity index (χ1n) is 18.1. The molecule has 12 nitrogen and oxygen atoms in total. The predicted molar refractivity (Wildman–Crippen MR) is 199 cm³/mol. The smallest absolute Gasteiger partial charge is 0.407 e. The maximum atomic E-state index is 13.0. The summed E-state index contributed by atoms with van der Waals surface area (Å²) in [7, 11) is 3.06. The Labute approximate surface area is 300 Å². The number of benzene rings is 2. The first-order valence-corrected chi connectivity index (χ1v) is 18.1. The second-order valence-electron chi connectivity index (χ2n) is 13.2. The van der Waals surface area contributed by atoms with Gasteiger partial charge in [0.1, 0.15) is 18.2 Å². The number of carbonyl (C=O) groups excluding carboxylic acids is 3. The number of aromatic nitrogens is 4. The second-order valence-corrected chi connectivity index (χ2v) is 13.2. The summed E-state index contributed by atoms with van der Waals surface area (Å²) in [5.74, 6) is 1.34. The van der Waals surface area contributed by atoms with Crippen molar-refractivity contribution in [1.29, 1.82) is 0 Å². The van der Waals surface area contributed by atoms with Crippen molar-refractivity contribution in [2.75, 3.05) is 40.3 Å². The summed E-state index contributed by atoms with van der Waals surface area (Å²) in [6.07, 6.45) is 8.99. The maximum Gasteiger partial charge on any atom is 0.407 e. The molecule has 4 N–H and O–H groups in total. The quantitative estimate of drug-likeness (QED) is 0.116. The van der Waals surface area contributed by atoms with Gasteiger partial charge in [-0.1, -0.05) is 50.2 Å². The zero-order valence-corrected chi connectivity index (χ0v) is 30.8. The van der Waals surface area contributed by atoms with Gasteiger partial charge >= 0.3 is 6.09 Å². The van der Waals surface area contributed by atoms with E-state index in [1.54, 1.807) is 11.9 Å². The number of likely N-dealkylation sites (N-methyl/N-ethyl adjacent to an activating group) is 1. The van der Waals surface area contributed by atoms with Crippen LogP contribution in [0.2, 0.25) is 0 Å². The van der Waals surface area contributed by atoms with Crippen LogP contribution >= 0.6 is 0 Å². The lowest BCUT2D eigenvalue weighted by Gasteiger charge is -2.28. The third kappa shape index (κ3) is 8.50. The molecule has 0 radical (unpaired) electrons. The Hall–Kier alpha value is -4.97. The van der Waals surface area contributed by atoms with E-state index in [1.807, 2.05) is 38.1 Å². The number of fused-ring (bicyclic) bond motifs is 1. The molecule has 1 aliphatic carbocycles. The monoisotopic (exact) mass is 696 g/mol. The topological polar surface area (TPSA) is 148 Å². The highest BCUT2D eigenvalue weighted by molar-refractivity contribution is 5.83. The molecule has 2 aromatic carbocycles. The third-order valence-electron chi connectivity index (χ3n) is 9.72. The van der Waals surface area contributed by atoms with Crippen LogP contribution in [0.5, 0.6) is 0 Å². The van der Waals surface area contributed by atoms with Gasteiger partial charge in [0.2, 0.25) is 11.8 Å². The van der Waals surface area contributed by atoms with Gasteiger partial charge in [-0.25, -0.2) is 14.8 Å². The van der Waals surface area contributed by atoms with Gasteiger partial charge in [0.15, 0.2) is 0 Å². The van der Waals surface area contributed by atoms with Gasteiger partial charge in [-0.3, -0.25) is 9.59 Å². The molecule has 0 aliphatic heterocycles. The van der Waals surface area contributed by atoms with Gasteiger partial charge in [-0.2, -0.15) is 0 Å². The first-order chi connectivity index (χ1) is 24.7. The van der Waals surface area contributed by atoms with Gasteiger partial charge in [0.25, 0.3) is 0 Å². The summed E-state index contributed by atoms with van der Waals surface area (Å²) in [5, 5.41) is 5.46. The number of carbonyl (C=O) groups is 3. The Morgan fingerprint density at radius 1 is 0.765 bits per heavy atom. The molecule has 272 valence electrons. The minimum absolute atomic E-state index is 0.0583. The highest BCUT2D eigenvalue weighted by Gasteiger charge is 2.26. The van der Waals surface area contributed by atoms with Crippen molar-refractivity contribution in [3.05, 3.63) is 71.6 Å². The molecule has 2 atom stereocenters. The van der Waals surface area contributed by atoms with Crippen LogP contribution in [-0.4, -0.2) is 88.0 Å². The van der Waals surface area contributed by atoms with E-state index >= 15 is 0 Å². The lowest BCUT2D eigenvalue weighted by molar-refractivity contribution is -0.133. The van der Waals surface area contributed by atoms with Crippen molar-refractivity contribution < 1.29 is 19.1 Å². The Morgan fingerprint density at radius 2 is 1.27 bits per heavy atom. The Bertz CT molecular complexity index is 1800. The van der Waals surface area contributed by atoms with Crippen LogP contribution in [0.1, 0.15) is 88.2 Å². The number of H-pyrrole nitrogens is 2. The summed E-state index contributed by atoms with van der Waals surface area (Å²) in [4.78, 5) is 57.3. The number of methoxy groups -OCH3 is 1. The van der Waals surface area contributed by atoms with Gasteiger partial charge in [0, 0.05) is 18.7 Å². The van der Waals surface area contributed by atoms with Crippen LogP contribution in [0.3, 0.4) is 0 Å². The number of ether oxygens (including phenoxy) is 1. The largest absolute Gasteiger partial charge is 0.453 e. The zero-order chi connectivity index (χ0) is 36.5. The number of rotatable bonds is 15. The number of hydrogen-bond donors (Lipinski definition) is 4. The van der Waals surface area contributed by atoms with Crippen molar-refractivity contribution in [3.8, 4) is 33.6 Å². The Kier molecular flexibility index (Phi) is 12.7. The van der Waals surface area contributed by atoms with E-state index in [0.29, 0.717) is 25.5 Å². The molecule has 0 bridgehead atoms. The average Bonchev–Trinajstić information content (AvgIpc) is 3.85. The Morgan fingerprint density at radius 3 is 1.84 bits per heavy atom. The molecule has 4 aromatic rings. The summed E-state index contributed by atoms with van der Waals surface area (Å²) >= 11 is 0. The average molecular weight is 697 g/mol. The van der Waals surface area contributed by atoms with E-state index < -0.39 is 6.09 Å². The van der Waals surface area contributed by atoms with E-state index in [9.17, 15) is 14.4 Å². The molecule has 3 amide bonds. The number of aromatic amines is 2. The summed E-state index contributed by atoms with van der Waals surface area (Å²) in [6, 6.07) is 12.5. The molecule has 0 fully saturated rings. The minimum atomic E-state index is -0.636. The van der Waals surface area contributed by atoms with Crippen LogP contribution in [-0.2, 0) is 27.2 Å². The van der Waals surface area contributed by atoms with Crippen LogP contribution in [0.4, 0.5) is 4.79 Å². The molecular formula is C39H52N8O4. The van der Waals surface area contributed by atoms with Crippen LogP contribution < -0.4 is 10.6 Å². The molecule has 2 unspecified atom stereocenters. The van der Waals surface area contributed by atoms with Crippen molar-refractivity contribution in [1.82, 2.24) is 40.4 Å². The lowest BCUT2D eigenvalue weighted by atomic mass is 9.82. The SMILES string of the molecule is CCCN(C(=O)CNC)C(C)c1ncc(-c2ccc(-c3ccc(-c4cnc(C(C)N(CCC)C(=O)CNC(=O)OC)[nH]4)c4c3CCCC4)cc2)[nH]1. The lowest BCUT2D eigenvalue weighted by Crippen LogP contribution is -2.42. The van der Waals surface area contributed by atoms with Gasteiger partial charge in [0.05, 0.1) is 49.5 Å². The van der Waals surface area contributed by atoms with Crippen molar-refractivity contribution >= 4 is 17.9 Å². The minimum Gasteiger partial charge on any atom is -0.453 e. The summed E-state index contributed by atoms with van der Waals surface area (Å²) in [6.45, 7) is 9.43. The molecule has 5 rings (SSSR count). The number of nitrogens with zero attached hydrogens (tertiary/aromatic N) is 4. The molecule has 1 aliphatic rings. The molecule has 0 saturated carbocycles. The Balaban J connectivity index is 1.36. The fourth-order valence-electron chi connectivity index (χ4n) is 7.02. The van der Waals surface area contributed by atoms with E-state index in [2.05, 4.69) is 73.6 Å².